The maximum atomic E-state index is 12.6. The summed E-state index contributed by atoms with van der Waals surface area (Å²) in [5, 5.41) is 18.3. The van der Waals surface area contributed by atoms with Gasteiger partial charge >= 0.3 is 0 Å². The Kier molecular flexibility index (Phi) is 4.79. The summed E-state index contributed by atoms with van der Waals surface area (Å²) in [6, 6.07) is 15.4. The summed E-state index contributed by atoms with van der Waals surface area (Å²) in [4.78, 5) is 23.0. The average molecular weight is 350 g/mol. The molecule has 0 aliphatic heterocycles. The van der Waals surface area contributed by atoms with Crippen molar-refractivity contribution in [1.29, 1.82) is 0 Å². The van der Waals surface area contributed by atoms with E-state index in [-0.39, 0.29) is 17.6 Å². The van der Waals surface area contributed by atoms with Crippen molar-refractivity contribution in [3.8, 4) is 16.9 Å². The Labute approximate surface area is 150 Å². The number of aromatic nitrogens is 2. The number of amides is 1. The number of para-hydroxylation sites is 1. The number of hydrogen-bond donors (Lipinski definition) is 1. The lowest BCUT2D eigenvalue weighted by Crippen LogP contribution is -2.30. The number of carbonyl (C=O) groups is 1. The number of hydrogen-bond acceptors (Lipinski definition) is 4. The van der Waals surface area contributed by atoms with Gasteiger partial charge in [0.05, 0.1) is 16.2 Å². The molecule has 0 aliphatic rings. The third-order valence-corrected chi connectivity index (χ3v) is 3.75. The van der Waals surface area contributed by atoms with Gasteiger partial charge in [-0.15, -0.1) is 0 Å². The lowest BCUT2D eigenvalue weighted by molar-refractivity contribution is -0.384. The fraction of sp³-hybridized carbons (Fsp3) is 0.158. The first-order chi connectivity index (χ1) is 12.5. The first-order valence-corrected chi connectivity index (χ1v) is 8.16. The van der Waals surface area contributed by atoms with Crippen LogP contribution in [0.4, 0.5) is 5.69 Å². The monoisotopic (exact) mass is 350 g/mol. The molecule has 0 aliphatic carbocycles. The van der Waals surface area contributed by atoms with Crippen LogP contribution in [0.3, 0.4) is 0 Å². The number of nitro groups is 1. The van der Waals surface area contributed by atoms with Gasteiger partial charge in [0.1, 0.15) is 5.69 Å². The Morgan fingerprint density at radius 2 is 1.77 bits per heavy atom. The van der Waals surface area contributed by atoms with Gasteiger partial charge < -0.3 is 5.32 Å². The molecule has 1 amide bonds. The third-order valence-electron chi connectivity index (χ3n) is 3.75. The second-order valence-electron chi connectivity index (χ2n) is 6.10. The van der Waals surface area contributed by atoms with Crippen molar-refractivity contribution in [2.24, 2.45) is 0 Å². The zero-order valence-corrected chi connectivity index (χ0v) is 14.4. The van der Waals surface area contributed by atoms with Gasteiger partial charge in [-0.25, -0.2) is 4.68 Å². The number of nitrogens with zero attached hydrogens (tertiary/aromatic N) is 3. The molecule has 1 aromatic heterocycles. The van der Waals surface area contributed by atoms with Crippen molar-refractivity contribution in [2.75, 3.05) is 0 Å². The number of nitrogens with one attached hydrogen (secondary N) is 1. The first kappa shape index (κ1) is 17.3. The molecule has 0 atom stereocenters. The number of benzene rings is 2. The van der Waals surface area contributed by atoms with Crippen LogP contribution in [0.2, 0.25) is 0 Å². The van der Waals surface area contributed by atoms with Crippen molar-refractivity contribution in [2.45, 2.75) is 19.9 Å². The van der Waals surface area contributed by atoms with Gasteiger partial charge in [0, 0.05) is 29.9 Å². The highest BCUT2D eigenvalue weighted by Gasteiger charge is 2.19. The molecule has 0 radical (unpaired) electrons. The van der Waals surface area contributed by atoms with Crippen LogP contribution in [-0.2, 0) is 0 Å². The van der Waals surface area contributed by atoms with Crippen molar-refractivity contribution in [1.82, 2.24) is 15.1 Å². The number of nitro benzene ring substituents is 1. The topological polar surface area (TPSA) is 90.1 Å². The van der Waals surface area contributed by atoms with Crippen LogP contribution in [0.1, 0.15) is 24.2 Å². The van der Waals surface area contributed by atoms with Crippen molar-refractivity contribution in [3.63, 3.8) is 0 Å². The number of rotatable bonds is 5. The van der Waals surface area contributed by atoms with E-state index in [1.165, 1.54) is 12.1 Å². The first-order valence-electron chi connectivity index (χ1n) is 8.16. The molecule has 0 fully saturated rings. The molecule has 2 aromatic carbocycles. The SMILES string of the molecule is CC(C)NC(=O)c1cn(-c2ccccc2)nc1-c1ccc([N+](=O)[O-])cc1. The third kappa shape index (κ3) is 3.61. The maximum Gasteiger partial charge on any atom is 0.269 e. The fourth-order valence-electron chi connectivity index (χ4n) is 2.55. The van der Waals surface area contributed by atoms with Crippen molar-refractivity contribution in [3.05, 3.63) is 76.5 Å². The van der Waals surface area contributed by atoms with Crippen molar-refractivity contribution >= 4 is 11.6 Å². The van der Waals surface area contributed by atoms with Crippen LogP contribution in [0.5, 0.6) is 0 Å². The summed E-state index contributed by atoms with van der Waals surface area (Å²) in [7, 11) is 0. The largest absolute Gasteiger partial charge is 0.350 e. The van der Waals surface area contributed by atoms with Gasteiger partial charge in [-0.3, -0.25) is 14.9 Å². The van der Waals surface area contributed by atoms with Crippen LogP contribution < -0.4 is 5.32 Å². The summed E-state index contributed by atoms with van der Waals surface area (Å²) in [5.41, 5.74) is 2.33. The quantitative estimate of drug-likeness (QED) is 0.562. The molecule has 0 saturated carbocycles. The lowest BCUT2D eigenvalue weighted by Gasteiger charge is -2.08. The van der Waals surface area contributed by atoms with Crippen LogP contribution in [0, 0.1) is 10.1 Å². The molecule has 26 heavy (non-hydrogen) atoms. The van der Waals surface area contributed by atoms with Gasteiger partial charge in [-0.1, -0.05) is 18.2 Å². The molecular formula is C19H18N4O3. The van der Waals surface area contributed by atoms with Crippen LogP contribution in [0.15, 0.2) is 60.8 Å². The fourth-order valence-corrected chi connectivity index (χ4v) is 2.55. The number of non-ortho nitro benzene ring substituents is 1. The molecule has 1 N–H and O–H groups in total. The number of carbonyl (C=O) groups excluding carboxylic acids is 1. The summed E-state index contributed by atoms with van der Waals surface area (Å²) >= 11 is 0. The summed E-state index contributed by atoms with van der Waals surface area (Å²) in [6.45, 7) is 3.76. The highest BCUT2D eigenvalue weighted by molar-refractivity contribution is 6.00. The molecular weight excluding hydrogens is 332 g/mol. The average Bonchev–Trinajstić information content (AvgIpc) is 3.07. The van der Waals surface area contributed by atoms with E-state index in [0.717, 1.165) is 5.69 Å². The summed E-state index contributed by atoms with van der Waals surface area (Å²) < 4.78 is 1.63. The molecule has 0 spiro atoms. The standard InChI is InChI=1S/C19H18N4O3/c1-13(2)20-19(24)17-12-22(15-6-4-3-5-7-15)21-18(17)14-8-10-16(11-9-14)23(25)26/h3-13H,1-2H3,(H,20,24). The van der Waals surface area contributed by atoms with E-state index in [1.54, 1.807) is 23.0 Å². The second-order valence-corrected chi connectivity index (χ2v) is 6.10. The van der Waals surface area contributed by atoms with Crippen LogP contribution in [0.25, 0.3) is 16.9 Å². The van der Waals surface area contributed by atoms with Crippen LogP contribution in [-0.4, -0.2) is 26.7 Å². The van der Waals surface area contributed by atoms with E-state index < -0.39 is 4.92 Å². The minimum atomic E-state index is -0.460. The molecule has 7 heteroatoms. The van der Waals surface area contributed by atoms with E-state index in [0.29, 0.717) is 16.8 Å². The molecule has 132 valence electrons. The Morgan fingerprint density at radius 1 is 1.12 bits per heavy atom. The smallest absolute Gasteiger partial charge is 0.269 e. The molecule has 0 unspecified atom stereocenters. The van der Waals surface area contributed by atoms with E-state index in [4.69, 9.17) is 0 Å². The van der Waals surface area contributed by atoms with Gasteiger partial charge in [0.2, 0.25) is 0 Å². The van der Waals surface area contributed by atoms with Gasteiger partial charge in [-0.2, -0.15) is 5.10 Å². The summed E-state index contributed by atoms with van der Waals surface area (Å²) in [5.74, 6) is -0.240. The predicted octanol–water partition coefficient (Wildman–Crippen LogP) is 3.59. The van der Waals surface area contributed by atoms with Crippen LogP contribution >= 0.6 is 0 Å². The zero-order valence-electron chi connectivity index (χ0n) is 14.4. The molecule has 3 aromatic rings. The van der Waals surface area contributed by atoms with E-state index in [2.05, 4.69) is 10.4 Å². The minimum absolute atomic E-state index is 0.00979. The lowest BCUT2D eigenvalue weighted by atomic mass is 10.1. The Morgan fingerprint density at radius 3 is 2.35 bits per heavy atom. The molecule has 0 saturated heterocycles. The zero-order chi connectivity index (χ0) is 18.7. The molecule has 3 rings (SSSR count). The van der Waals surface area contributed by atoms with E-state index in [1.807, 2.05) is 44.2 Å². The highest BCUT2D eigenvalue weighted by Crippen LogP contribution is 2.26. The maximum absolute atomic E-state index is 12.6. The molecule has 1 heterocycles. The van der Waals surface area contributed by atoms with Crippen molar-refractivity contribution < 1.29 is 9.72 Å². The van der Waals surface area contributed by atoms with Gasteiger partial charge in [0.25, 0.3) is 11.6 Å². The van der Waals surface area contributed by atoms with E-state index in [9.17, 15) is 14.9 Å². The second kappa shape index (κ2) is 7.18. The summed E-state index contributed by atoms with van der Waals surface area (Å²) in [6.07, 6.45) is 1.67. The Bertz CT molecular complexity index is 931. The Balaban J connectivity index is 2.08. The normalized spacial score (nSPS) is 10.7. The van der Waals surface area contributed by atoms with Gasteiger partial charge in [-0.05, 0) is 38.1 Å². The van der Waals surface area contributed by atoms with E-state index >= 15 is 0 Å². The molecule has 7 nitrogen and oxygen atoms in total. The Hall–Kier alpha value is -3.48. The van der Waals surface area contributed by atoms with Gasteiger partial charge in [0.15, 0.2) is 0 Å². The predicted molar refractivity (Wildman–Crippen MR) is 98.3 cm³/mol. The minimum Gasteiger partial charge on any atom is -0.350 e. The highest BCUT2D eigenvalue weighted by atomic mass is 16.6. The molecule has 0 bridgehead atoms.